The molecule has 1 aromatic carbocycles. The first-order valence-corrected chi connectivity index (χ1v) is 4.50. The quantitative estimate of drug-likeness (QED) is 0.677. The Morgan fingerprint density at radius 2 is 1.69 bits per heavy atom. The first-order chi connectivity index (χ1) is 6.36. The van der Waals surface area contributed by atoms with Gasteiger partial charge in [-0.2, -0.15) is 0 Å². The molecule has 2 aromatic rings. The summed E-state index contributed by atoms with van der Waals surface area (Å²) in [5.41, 5.74) is 2.35. The van der Waals surface area contributed by atoms with Crippen molar-refractivity contribution in [1.82, 2.24) is 4.98 Å². The minimum absolute atomic E-state index is 0.981. The molecule has 0 atom stereocenters. The Morgan fingerprint density at radius 1 is 0.923 bits per heavy atom. The van der Waals surface area contributed by atoms with Crippen molar-refractivity contribution in [2.75, 3.05) is 0 Å². The minimum Gasteiger partial charge on any atom is -0.265 e. The van der Waals surface area contributed by atoms with Gasteiger partial charge in [0.25, 0.3) is 0 Å². The molecule has 0 radical (unpaired) electrons. The summed E-state index contributed by atoms with van der Waals surface area (Å²) in [4.78, 5) is 4.96. The molecule has 0 aliphatic heterocycles. The summed E-state index contributed by atoms with van der Waals surface area (Å²) >= 11 is 4.29. The molecule has 2 rings (SSSR count). The number of aromatic nitrogens is 1. The van der Waals surface area contributed by atoms with Gasteiger partial charge in [0.2, 0.25) is 0 Å². The van der Waals surface area contributed by atoms with Crippen LogP contribution in [0, 0.1) is 0 Å². The topological polar surface area (TPSA) is 12.9 Å². The van der Waals surface area contributed by atoms with Crippen LogP contribution in [0.3, 0.4) is 0 Å². The largest absolute Gasteiger partial charge is 0.265 e. The number of thiol groups is 1. The van der Waals surface area contributed by atoms with Crippen LogP contribution in [0.5, 0.6) is 0 Å². The molecule has 0 saturated heterocycles. The lowest BCUT2D eigenvalue weighted by Gasteiger charge is -2.00. The minimum atomic E-state index is 0.981. The third-order valence-electron chi connectivity index (χ3n) is 1.86. The second-order valence-corrected chi connectivity index (χ2v) is 3.30. The number of rotatable bonds is 1. The van der Waals surface area contributed by atoms with E-state index in [1.54, 1.807) is 12.4 Å². The third kappa shape index (κ3) is 1.90. The third-order valence-corrected chi connectivity index (χ3v) is 2.14. The normalized spacial score (nSPS) is 9.92. The molecule has 1 aromatic heterocycles. The Kier molecular flexibility index (Phi) is 2.32. The van der Waals surface area contributed by atoms with Gasteiger partial charge in [0, 0.05) is 17.3 Å². The standard InChI is InChI=1S/C11H9NS/c13-11-3-1-2-10(8-11)9-4-6-12-7-5-9/h1-8,13H. The van der Waals surface area contributed by atoms with Gasteiger partial charge in [0.1, 0.15) is 0 Å². The number of nitrogens with zero attached hydrogens (tertiary/aromatic N) is 1. The summed E-state index contributed by atoms with van der Waals surface area (Å²) in [6.45, 7) is 0. The van der Waals surface area contributed by atoms with Gasteiger partial charge in [-0.25, -0.2) is 0 Å². The molecule has 0 fully saturated rings. The van der Waals surface area contributed by atoms with Gasteiger partial charge in [-0.15, -0.1) is 12.6 Å². The molecule has 2 heteroatoms. The van der Waals surface area contributed by atoms with Crippen LogP contribution in [-0.2, 0) is 0 Å². The van der Waals surface area contributed by atoms with Crippen molar-refractivity contribution >= 4 is 12.6 Å². The Hall–Kier alpha value is -1.28. The predicted octanol–water partition coefficient (Wildman–Crippen LogP) is 3.04. The maximum absolute atomic E-state index is 4.29. The molecular weight excluding hydrogens is 178 g/mol. The van der Waals surface area contributed by atoms with Crippen LogP contribution >= 0.6 is 12.6 Å². The van der Waals surface area contributed by atoms with Crippen LogP contribution in [0.1, 0.15) is 0 Å². The molecule has 1 nitrogen and oxygen atoms in total. The fourth-order valence-electron chi connectivity index (χ4n) is 1.23. The van der Waals surface area contributed by atoms with Crippen LogP contribution in [-0.4, -0.2) is 4.98 Å². The molecule has 0 saturated carbocycles. The molecule has 0 unspecified atom stereocenters. The Morgan fingerprint density at radius 3 is 2.38 bits per heavy atom. The van der Waals surface area contributed by atoms with Crippen LogP contribution in [0.4, 0.5) is 0 Å². The smallest absolute Gasteiger partial charge is 0.0273 e. The summed E-state index contributed by atoms with van der Waals surface area (Å²) in [6, 6.07) is 12.0. The molecule has 0 spiro atoms. The lowest BCUT2D eigenvalue weighted by molar-refractivity contribution is 1.33. The molecule has 0 amide bonds. The summed E-state index contributed by atoms with van der Waals surface area (Å²) in [5, 5.41) is 0. The molecule has 0 N–H and O–H groups in total. The van der Waals surface area contributed by atoms with Crippen LogP contribution < -0.4 is 0 Å². The first-order valence-electron chi connectivity index (χ1n) is 4.06. The van der Waals surface area contributed by atoms with Crippen molar-refractivity contribution in [2.24, 2.45) is 0 Å². The number of pyridine rings is 1. The summed E-state index contributed by atoms with van der Waals surface area (Å²) in [6.07, 6.45) is 3.58. The summed E-state index contributed by atoms with van der Waals surface area (Å²) < 4.78 is 0. The fourth-order valence-corrected chi connectivity index (χ4v) is 1.45. The van der Waals surface area contributed by atoms with Gasteiger partial charge < -0.3 is 0 Å². The molecule has 0 aliphatic rings. The fraction of sp³-hybridized carbons (Fsp3) is 0. The lowest BCUT2D eigenvalue weighted by Crippen LogP contribution is -1.77. The van der Waals surface area contributed by atoms with E-state index in [1.807, 2.05) is 30.3 Å². The van der Waals surface area contributed by atoms with E-state index >= 15 is 0 Å². The predicted molar refractivity (Wildman–Crippen MR) is 56.9 cm³/mol. The van der Waals surface area contributed by atoms with Crippen LogP contribution in [0.15, 0.2) is 53.7 Å². The van der Waals surface area contributed by atoms with Gasteiger partial charge in [0.05, 0.1) is 0 Å². The zero-order chi connectivity index (χ0) is 9.10. The van der Waals surface area contributed by atoms with Gasteiger partial charge >= 0.3 is 0 Å². The molecular formula is C11H9NS. The molecule has 1 heterocycles. The van der Waals surface area contributed by atoms with E-state index < -0.39 is 0 Å². The van der Waals surface area contributed by atoms with E-state index in [0.717, 1.165) is 4.90 Å². The van der Waals surface area contributed by atoms with E-state index in [4.69, 9.17) is 0 Å². The van der Waals surface area contributed by atoms with Crippen molar-refractivity contribution < 1.29 is 0 Å². The van der Waals surface area contributed by atoms with Crippen molar-refractivity contribution in [3.8, 4) is 11.1 Å². The highest BCUT2D eigenvalue weighted by Crippen LogP contribution is 2.20. The van der Waals surface area contributed by atoms with Gasteiger partial charge in [0.15, 0.2) is 0 Å². The van der Waals surface area contributed by atoms with Crippen molar-refractivity contribution in [3.63, 3.8) is 0 Å². The Labute approximate surface area is 82.9 Å². The second kappa shape index (κ2) is 3.62. The maximum atomic E-state index is 4.29. The van der Waals surface area contributed by atoms with Crippen LogP contribution in [0.25, 0.3) is 11.1 Å². The van der Waals surface area contributed by atoms with Crippen molar-refractivity contribution in [1.29, 1.82) is 0 Å². The highest BCUT2D eigenvalue weighted by atomic mass is 32.1. The molecule has 0 aliphatic carbocycles. The van der Waals surface area contributed by atoms with Crippen molar-refractivity contribution in [3.05, 3.63) is 48.8 Å². The summed E-state index contributed by atoms with van der Waals surface area (Å²) in [7, 11) is 0. The first kappa shape index (κ1) is 8.32. The lowest BCUT2D eigenvalue weighted by atomic mass is 10.1. The number of hydrogen-bond donors (Lipinski definition) is 1. The SMILES string of the molecule is Sc1cccc(-c2ccncc2)c1. The average Bonchev–Trinajstić information content (AvgIpc) is 2.19. The second-order valence-electron chi connectivity index (χ2n) is 2.79. The van der Waals surface area contributed by atoms with Gasteiger partial charge in [-0.3, -0.25) is 4.98 Å². The zero-order valence-corrected chi connectivity index (χ0v) is 7.91. The highest BCUT2D eigenvalue weighted by Gasteiger charge is 1.95. The Bertz CT molecular complexity index is 398. The van der Waals surface area contributed by atoms with Crippen molar-refractivity contribution in [2.45, 2.75) is 4.90 Å². The van der Waals surface area contributed by atoms with E-state index in [9.17, 15) is 0 Å². The van der Waals surface area contributed by atoms with E-state index in [1.165, 1.54) is 11.1 Å². The number of benzene rings is 1. The van der Waals surface area contributed by atoms with E-state index in [2.05, 4.69) is 23.7 Å². The van der Waals surface area contributed by atoms with E-state index in [0.29, 0.717) is 0 Å². The average molecular weight is 187 g/mol. The molecule has 0 bridgehead atoms. The maximum Gasteiger partial charge on any atom is 0.0273 e. The Balaban J connectivity index is 2.48. The molecule has 64 valence electrons. The van der Waals surface area contributed by atoms with Gasteiger partial charge in [-0.1, -0.05) is 12.1 Å². The monoisotopic (exact) mass is 187 g/mol. The van der Waals surface area contributed by atoms with E-state index in [-0.39, 0.29) is 0 Å². The zero-order valence-electron chi connectivity index (χ0n) is 7.01. The highest BCUT2D eigenvalue weighted by molar-refractivity contribution is 7.80. The van der Waals surface area contributed by atoms with Crippen LogP contribution in [0.2, 0.25) is 0 Å². The molecule has 13 heavy (non-hydrogen) atoms. The summed E-state index contributed by atoms with van der Waals surface area (Å²) in [5.74, 6) is 0. The number of hydrogen-bond acceptors (Lipinski definition) is 2. The van der Waals surface area contributed by atoms with Gasteiger partial charge in [-0.05, 0) is 35.4 Å².